The molecule has 3 heterocycles. The molecule has 1 atom stereocenters. The van der Waals surface area contributed by atoms with Crippen LogP contribution in [0.3, 0.4) is 0 Å². The average molecular weight is 409 g/mol. The number of carbonyl (C=O) groups excluding carboxylic acids is 1. The summed E-state index contributed by atoms with van der Waals surface area (Å²) in [5.41, 5.74) is 1.07. The van der Waals surface area contributed by atoms with Gasteiger partial charge in [-0.1, -0.05) is 44.2 Å². The van der Waals surface area contributed by atoms with Crippen LogP contribution in [0.15, 0.2) is 36.4 Å². The lowest BCUT2D eigenvalue weighted by Crippen LogP contribution is -2.48. The summed E-state index contributed by atoms with van der Waals surface area (Å²) in [6.45, 7) is 7.78. The molecule has 5 nitrogen and oxygen atoms in total. The molecule has 152 valence electrons. The zero-order valence-corrected chi connectivity index (χ0v) is 18.0. The number of carbonyl (C=O) groups is 1. The maximum atomic E-state index is 11.8. The molecule has 0 bridgehead atoms. The van der Waals surface area contributed by atoms with Gasteiger partial charge in [0.1, 0.15) is 22.8 Å². The number of hydrogen-bond acceptors (Lipinski definition) is 6. The number of aromatic nitrogens is 2. The van der Waals surface area contributed by atoms with Crippen molar-refractivity contribution >= 4 is 33.7 Å². The summed E-state index contributed by atoms with van der Waals surface area (Å²) in [7, 11) is 0. The average Bonchev–Trinajstić information content (AvgIpc) is 3.19. The number of fused-ring (bicyclic) bond motifs is 1. The Morgan fingerprint density at radius 1 is 1.10 bits per heavy atom. The molecule has 6 heteroatoms. The van der Waals surface area contributed by atoms with Crippen molar-refractivity contribution in [3.05, 3.63) is 52.7 Å². The lowest BCUT2D eigenvalue weighted by molar-refractivity contribution is -0.112. The number of aldehydes is 1. The fourth-order valence-electron chi connectivity index (χ4n) is 3.99. The molecular weight excluding hydrogens is 380 g/mol. The van der Waals surface area contributed by atoms with E-state index in [4.69, 9.17) is 9.97 Å². The maximum absolute atomic E-state index is 11.8. The number of benzene rings is 1. The minimum Gasteiger partial charge on any atom is -0.353 e. The van der Waals surface area contributed by atoms with Crippen LogP contribution >= 0.6 is 11.3 Å². The zero-order chi connectivity index (χ0) is 20.2. The third-order valence-corrected chi connectivity index (χ3v) is 6.74. The number of thiophene rings is 1. The van der Waals surface area contributed by atoms with E-state index in [0.717, 1.165) is 73.8 Å². The van der Waals surface area contributed by atoms with Crippen molar-refractivity contribution in [2.45, 2.75) is 39.2 Å². The van der Waals surface area contributed by atoms with Gasteiger partial charge in [-0.05, 0) is 24.5 Å². The Hall–Kier alpha value is -2.31. The van der Waals surface area contributed by atoms with Gasteiger partial charge < -0.3 is 9.69 Å². The number of piperazine rings is 1. The van der Waals surface area contributed by atoms with Crippen LogP contribution in [0.5, 0.6) is 0 Å². The molecular formula is C23H28N4OS. The molecule has 4 rings (SSSR count). The van der Waals surface area contributed by atoms with Crippen LogP contribution in [0.25, 0.3) is 10.2 Å². The highest BCUT2D eigenvalue weighted by Crippen LogP contribution is 2.32. The second-order valence-electron chi connectivity index (χ2n) is 7.51. The highest BCUT2D eigenvalue weighted by molar-refractivity contribution is 7.18. The van der Waals surface area contributed by atoms with E-state index < -0.39 is 0 Å². The topological polar surface area (TPSA) is 49.3 Å². The fourth-order valence-corrected chi connectivity index (χ4v) is 4.97. The molecule has 1 aromatic carbocycles. The molecule has 0 amide bonds. The Kier molecular flexibility index (Phi) is 6.21. The molecule has 0 radical (unpaired) electrons. The van der Waals surface area contributed by atoms with Crippen molar-refractivity contribution in [1.29, 1.82) is 0 Å². The van der Waals surface area contributed by atoms with E-state index in [-0.39, 0.29) is 6.04 Å². The van der Waals surface area contributed by atoms with Crippen molar-refractivity contribution in [2.75, 3.05) is 31.1 Å². The third kappa shape index (κ3) is 4.19. The molecule has 29 heavy (non-hydrogen) atoms. The van der Waals surface area contributed by atoms with Gasteiger partial charge in [-0.2, -0.15) is 0 Å². The Morgan fingerprint density at radius 3 is 2.52 bits per heavy atom. The fraction of sp³-hybridized carbons (Fsp3) is 0.435. The van der Waals surface area contributed by atoms with Gasteiger partial charge in [0.05, 0.1) is 11.4 Å². The SMILES string of the molecule is CCCc1nc(N2CCN(C(C=O)c3ccccc3)CC2)c2cc(CC)sc2n1. The summed E-state index contributed by atoms with van der Waals surface area (Å²) in [5.74, 6) is 2.01. The van der Waals surface area contributed by atoms with Crippen LogP contribution in [0.2, 0.25) is 0 Å². The molecule has 2 aromatic heterocycles. The second kappa shape index (κ2) is 9.01. The van der Waals surface area contributed by atoms with Crippen molar-refractivity contribution in [3.63, 3.8) is 0 Å². The van der Waals surface area contributed by atoms with E-state index in [0.29, 0.717) is 0 Å². The lowest BCUT2D eigenvalue weighted by atomic mass is 10.1. The van der Waals surface area contributed by atoms with E-state index in [1.165, 1.54) is 10.3 Å². The number of aryl methyl sites for hydroxylation is 2. The van der Waals surface area contributed by atoms with Gasteiger partial charge in [0.15, 0.2) is 0 Å². The number of hydrogen-bond donors (Lipinski definition) is 0. The minimum absolute atomic E-state index is 0.174. The van der Waals surface area contributed by atoms with Crippen molar-refractivity contribution in [3.8, 4) is 0 Å². The van der Waals surface area contributed by atoms with Gasteiger partial charge >= 0.3 is 0 Å². The normalized spacial score (nSPS) is 16.3. The van der Waals surface area contributed by atoms with Gasteiger partial charge in [-0.15, -0.1) is 11.3 Å². The van der Waals surface area contributed by atoms with E-state index in [1.54, 1.807) is 11.3 Å². The molecule has 3 aromatic rings. The Labute approximate surface area is 176 Å². The van der Waals surface area contributed by atoms with Crippen LogP contribution in [0, 0.1) is 0 Å². The van der Waals surface area contributed by atoms with Gasteiger partial charge in [0.25, 0.3) is 0 Å². The molecule has 1 aliphatic heterocycles. The minimum atomic E-state index is -0.174. The summed E-state index contributed by atoms with van der Waals surface area (Å²) in [4.78, 5) is 28.7. The van der Waals surface area contributed by atoms with Crippen molar-refractivity contribution in [1.82, 2.24) is 14.9 Å². The number of anilines is 1. The van der Waals surface area contributed by atoms with Crippen LogP contribution in [-0.2, 0) is 17.6 Å². The Bertz CT molecular complexity index is 964. The predicted octanol–water partition coefficient (Wildman–Crippen LogP) is 4.27. The third-order valence-electron chi connectivity index (χ3n) is 5.57. The van der Waals surface area contributed by atoms with Crippen LogP contribution in [0.4, 0.5) is 5.82 Å². The van der Waals surface area contributed by atoms with Crippen molar-refractivity contribution in [2.24, 2.45) is 0 Å². The molecule has 0 aliphatic carbocycles. The smallest absolute Gasteiger partial charge is 0.141 e. The number of rotatable bonds is 7. The molecule has 1 aliphatic rings. The monoisotopic (exact) mass is 408 g/mol. The van der Waals surface area contributed by atoms with Crippen LogP contribution in [0.1, 0.15) is 42.6 Å². The highest BCUT2D eigenvalue weighted by atomic mass is 32.1. The zero-order valence-electron chi connectivity index (χ0n) is 17.2. The molecule has 1 unspecified atom stereocenters. The van der Waals surface area contributed by atoms with Gasteiger partial charge in [0.2, 0.25) is 0 Å². The van der Waals surface area contributed by atoms with Gasteiger partial charge in [0, 0.05) is 37.5 Å². The second-order valence-corrected chi connectivity index (χ2v) is 8.63. The molecule has 0 N–H and O–H groups in total. The van der Waals surface area contributed by atoms with Crippen LogP contribution in [-0.4, -0.2) is 47.3 Å². The predicted molar refractivity (Wildman–Crippen MR) is 120 cm³/mol. The largest absolute Gasteiger partial charge is 0.353 e. The van der Waals surface area contributed by atoms with Gasteiger partial charge in [-0.25, -0.2) is 9.97 Å². The Morgan fingerprint density at radius 2 is 1.86 bits per heavy atom. The summed E-state index contributed by atoms with van der Waals surface area (Å²) in [6.07, 6.45) is 4.04. The first-order valence-electron chi connectivity index (χ1n) is 10.5. The molecule has 1 saturated heterocycles. The molecule has 1 fully saturated rings. The first-order chi connectivity index (χ1) is 14.2. The Balaban J connectivity index is 1.57. The van der Waals surface area contributed by atoms with Gasteiger partial charge in [-0.3, -0.25) is 4.90 Å². The summed E-state index contributed by atoms with van der Waals surface area (Å²) >= 11 is 1.79. The molecule has 0 spiro atoms. The summed E-state index contributed by atoms with van der Waals surface area (Å²) in [6, 6.07) is 12.1. The van der Waals surface area contributed by atoms with Crippen LogP contribution < -0.4 is 4.90 Å². The summed E-state index contributed by atoms with van der Waals surface area (Å²) in [5, 5.41) is 1.18. The maximum Gasteiger partial charge on any atom is 0.141 e. The van der Waals surface area contributed by atoms with E-state index in [1.807, 2.05) is 30.3 Å². The van der Waals surface area contributed by atoms with Crippen molar-refractivity contribution < 1.29 is 4.79 Å². The van der Waals surface area contributed by atoms with E-state index in [9.17, 15) is 4.79 Å². The highest BCUT2D eigenvalue weighted by Gasteiger charge is 2.26. The first-order valence-corrected chi connectivity index (χ1v) is 11.3. The molecule has 0 saturated carbocycles. The lowest BCUT2D eigenvalue weighted by Gasteiger charge is -2.38. The standard InChI is InChI=1S/C23H28N4OS/c1-3-8-21-24-22(19-15-18(4-2)29-23(19)25-21)27-13-11-26(12-14-27)20(16-28)17-9-6-5-7-10-17/h5-7,9-10,15-16,20H,3-4,8,11-14H2,1-2H3. The van der Waals surface area contributed by atoms with E-state index >= 15 is 0 Å². The van der Waals surface area contributed by atoms with E-state index in [2.05, 4.69) is 29.7 Å². The first kappa shape index (κ1) is 20.0. The number of nitrogens with zero attached hydrogens (tertiary/aromatic N) is 4. The summed E-state index contributed by atoms with van der Waals surface area (Å²) < 4.78 is 0. The quantitative estimate of drug-likeness (QED) is 0.547.